The molecule has 17 heavy (non-hydrogen) atoms. The normalized spacial score (nSPS) is 20.3. The zero-order chi connectivity index (χ0) is 11.7. The van der Waals surface area contributed by atoms with Gasteiger partial charge in [0.15, 0.2) is 0 Å². The van der Waals surface area contributed by atoms with Crippen LogP contribution in [-0.2, 0) is 0 Å². The first-order valence-electron chi connectivity index (χ1n) is 6.02. The largest absolute Gasteiger partial charge is 0.263 e. The molecule has 0 N–H and O–H groups in total. The van der Waals surface area contributed by atoms with Crippen LogP contribution in [0.15, 0.2) is 42.7 Å². The summed E-state index contributed by atoms with van der Waals surface area (Å²) in [6.07, 6.45) is 9.43. The number of rotatable bonds is 1. The summed E-state index contributed by atoms with van der Waals surface area (Å²) in [6, 6.07) is 8.39. The Balaban J connectivity index is 2.17. The lowest BCUT2D eigenvalue weighted by Crippen LogP contribution is -2.03. The van der Waals surface area contributed by atoms with Crippen molar-refractivity contribution >= 4 is 27.9 Å². The topological polar surface area (TPSA) is 12.9 Å². The minimum Gasteiger partial charge on any atom is -0.263 e. The Morgan fingerprint density at radius 3 is 2.94 bits per heavy atom. The van der Waals surface area contributed by atoms with E-state index in [1.165, 1.54) is 28.3 Å². The lowest BCUT2D eigenvalue weighted by atomic mass is 9.92. The molecule has 0 saturated carbocycles. The summed E-state index contributed by atoms with van der Waals surface area (Å²) in [5, 5.41) is 2.65. The molecule has 2 heteroatoms. The van der Waals surface area contributed by atoms with Crippen molar-refractivity contribution in [2.75, 3.05) is 0 Å². The molecule has 0 radical (unpaired) electrons. The number of hydrogen-bond acceptors (Lipinski definition) is 1. The standard InChI is InChI=1S/C15H14ClN/c16-13-6-3-5-11(8-13)15-10-17-9-12-4-1-2-7-14(12)15/h1-2,4,7-10,13H,3,5-6H2. The number of pyridine rings is 1. The van der Waals surface area contributed by atoms with Crippen LogP contribution in [-0.4, -0.2) is 10.4 Å². The maximum atomic E-state index is 6.22. The summed E-state index contributed by atoms with van der Waals surface area (Å²) in [7, 11) is 0. The number of alkyl halides is 1. The Morgan fingerprint density at radius 1 is 1.18 bits per heavy atom. The second kappa shape index (κ2) is 4.50. The Morgan fingerprint density at radius 2 is 2.06 bits per heavy atom. The summed E-state index contributed by atoms with van der Waals surface area (Å²) in [5.74, 6) is 0. The molecule has 0 aliphatic heterocycles. The molecule has 3 rings (SSSR count). The number of halogens is 1. The monoisotopic (exact) mass is 243 g/mol. The molecule has 2 aromatic rings. The third-order valence-corrected chi connectivity index (χ3v) is 3.67. The van der Waals surface area contributed by atoms with Gasteiger partial charge >= 0.3 is 0 Å². The molecule has 1 aromatic heterocycles. The predicted molar refractivity (Wildman–Crippen MR) is 73.2 cm³/mol. The highest BCUT2D eigenvalue weighted by Gasteiger charge is 2.14. The fourth-order valence-corrected chi connectivity index (χ4v) is 2.78. The smallest absolute Gasteiger partial charge is 0.0522 e. The van der Waals surface area contributed by atoms with E-state index in [-0.39, 0.29) is 5.38 Å². The molecule has 1 atom stereocenters. The van der Waals surface area contributed by atoms with Gasteiger partial charge in [-0.3, -0.25) is 4.98 Å². The third-order valence-electron chi connectivity index (χ3n) is 3.32. The number of fused-ring (bicyclic) bond motifs is 1. The van der Waals surface area contributed by atoms with Gasteiger partial charge in [-0.25, -0.2) is 0 Å². The molecule has 0 saturated heterocycles. The fraction of sp³-hybridized carbons (Fsp3) is 0.267. The highest BCUT2D eigenvalue weighted by atomic mass is 35.5. The van der Waals surface area contributed by atoms with Crippen LogP contribution in [0.25, 0.3) is 16.3 Å². The highest BCUT2D eigenvalue weighted by Crippen LogP contribution is 2.32. The summed E-state index contributed by atoms with van der Waals surface area (Å²) >= 11 is 6.22. The number of allylic oxidation sites excluding steroid dienone is 2. The van der Waals surface area contributed by atoms with Gasteiger partial charge in [0.25, 0.3) is 0 Å². The molecule has 1 unspecified atom stereocenters. The molecule has 1 aliphatic carbocycles. The molecule has 1 heterocycles. The quantitative estimate of drug-likeness (QED) is 0.676. The Hall–Kier alpha value is -1.34. The number of aromatic nitrogens is 1. The van der Waals surface area contributed by atoms with Crippen LogP contribution in [0.4, 0.5) is 0 Å². The molecule has 0 bridgehead atoms. The molecule has 0 fully saturated rings. The molecular formula is C15H14ClN. The van der Waals surface area contributed by atoms with E-state index >= 15 is 0 Å². The Kier molecular flexibility index (Phi) is 2.86. The van der Waals surface area contributed by atoms with E-state index in [1.807, 2.05) is 18.5 Å². The van der Waals surface area contributed by atoms with E-state index in [0.29, 0.717) is 0 Å². The van der Waals surface area contributed by atoms with Crippen molar-refractivity contribution in [1.82, 2.24) is 4.98 Å². The molecule has 1 nitrogen and oxygen atoms in total. The van der Waals surface area contributed by atoms with Crippen molar-refractivity contribution in [3.63, 3.8) is 0 Å². The first-order chi connectivity index (χ1) is 8.34. The van der Waals surface area contributed by atoms with Gasteiger partial charge in [-0.2, -0.15) is 0 Å². The van der Waals surface area contributed by atoms with Crippen LogP contribution in [0.3, 0.4) is 0 Å². The lowest BCUT2D eigenvalue weighted by Gasteiger charge is -2.17. The van der Waals surface area contributed by atoms with Gasteiger partial charge < -0.3 is 0 Å². The maximum Gasteiger partial charge on any atom is 0.0522 e. The number of nitrogens with zero attached hydrogens (tertiary/aromatic N) is 1. The number of hydrogen-bond donors (Lipinski definition) is 0. The third kappa shape index (κ3) is 2.07. The molecular weight excluding hydrogens is 230 g/mol. The maximum absolute atomic E-state index is 6.22. The SMILES string of the molecule is ClC1C=C(c2cncc3ccccc23)CCC1. The van der Waals surface area contributed by atoms with Gasteiger partial charge in [-0.15, -0.1) is 11.6 Å². The summed E-state index contributed by atoms with van der Waals surface area (Å²) in [5.41, 5.74) is 2.59. The average molecular weight is 244 g/mol. The van der Waals surface area contributed by atoms with Crippen molar-refractivity contribution in [1.29, 1.82) is 0 Å². The number of benzene rings is 1. The van der Waals surface area contributed by atoms with Gasteiger partial charge in [-0.05, 0) is 30.2 Å². The zero-order valence-electron chi connectivity index (χ0n) is 9.57. The van der Waals surface area contributed by atoms with Gasteiger partial charge in [0, 0.05) is 23.3 Å². The van der Waals surface area contributed by atoms with Crippen LogP contribution < -0.4 is 0 Å². The van der Waals surface area contributed by atoms with E-state index in [9.17, 15) is 0 Å². The molecule has 86 valence electrons. The Labute approximate surface area is 106 Å². The average Bonchev–Trinajstić information content (AvgIpc) is 2.38. The fourth-order valence-electron chi connectivity index (χ4n) is 2.47. The predicted octanol–water partition coefficient (Wildman–Crippen LogP) is 4.41. The molecule has 1 aromatic carbocycles. The minimum absolute atomic E-state index is 0.178. The van der Waals surface area contributed by atoms with Crippen LogP contribution in [0.5, 0.6) is 0 Å². The van der Waals surface area contributed by atoms with Gasteiger partial charge in [-0.1, -0.05) is 30.3 Å². The van der Waals surface area contributed by atoms with E-state index in [2.05, 4.69) is 29.3 Å². The van der Waals surface area contributed by atoms with Gasteiger partial charge in [0.1, 0.15) is 0 Å². The van der Waals surface area contributed by atoms with E-state index in [4.69, 9.17) is 11.6 Å². The minimum atomic E-state index is 0.178. The summed E-state index contributed by atoms with van der Waals surface area (Å²) in [6.45, 7) is 0. The molecule has 0 amide bonds. The van der Waals surface area contributed by atoms with Gasteiger partial charge in [0.05, 0.1) is 5.38 Å². The van der Waals surface area contributed by atoms with Crippen molar-refractivity contribution in [2.24, 2.45) is 0 Å². The van der Waals surface area contributed by atoms with Crippen molar-refractivity contribution in [3.8, 4) is 0 Å². The first kappa shape index (κ1) is 10.8. The molecule has 0 spiro atoms. The van der Waals surface area contributed by atoms with E-state index in [0.717, 1.165) is 12.8 Å². The van der Waals surface area contributed by atoms with Crippen LogP contribution >= 0.6 is 11.6 Å². The highest BCUT2D eigenvalue weighted by molar-refractivity contribution is 6.22. The van der Waals surface area contributed by atoms with Crippen molar-refractivity contribution in [3.05, 3.63) is 48.3 Å². The zero-order valence-corrected chi connectivity index (χ0v) is 10.3. The van der Waals surface area contributed by atoms with E-state index < -0.39 is 0 Å². The first-order valence-corrected chi connectivity index (χ1v) is 6.46. The van der Waals surface area contributed by atoms with Crippen LogP contribution in [0.1, 0.15) is 24.8 Å². The van der Waals surface area contributed by atoms with Gasteiger partial charge in [0.2, 0.25) is 0 Å². The van der Waals surface area contributed by atoms with Crippen LogP contribution in [0.2, 0.25) is 0 Å². The van der Waals surface area contributed by atoms with Crippen LogP contribution in [0, 0.1) is 0 Å². The summed E-state index contributed by atoms with van der Waals surface area (Å²) < 4.78 is 0. The second-order valence-electron chi connectivity index (χ2n) is 4.51. The van der Waals surface area contributed by atoms with Crippen molar-refractivity contribution < 1.29 is 0 Å². The molecule has 1 aliphatic rings. The Bertz CT molecular complexity index is 569. The second-order valence-corrected chi connectivity index (χ2v) is 5.07. The van der Waals surface area contributed by atoms with Crippen molar-refractivity contribution in [2.45, 2.75) is 24.6 Å². The lowest BCUT2D eigenvalue weighted by molar-refractivity contribution is 0.748. The van der Waals surface area contributed by atoms with E-state index in [1.54, 1.807) is 0 Å². The summed E-state index contributed by atoms with van der Waals surface area (Å²) in [4.78, 5) is 4.33.